The smallest absolute Gasteiger partial charge is 0.303 e. The molecule has 2 unspecified atom stereocenters. The largest absolute Gasteiger partial charge is 0.481 e. The minimum absolute atomic E-state index is 0.00591. The van der Waals surface area contributed by atoms with Gasteiger partial charge in [0, 0.05) is 24.9 Å². The van der Waals surface area contributed by atoms with Gasteiger partial charge < -0.3 is 15.3 Å². The number of rotatable bonds is 7. The van der Waals surface area contributed by atoms with E-state index in [0.29, 0.717) is 13.0 Å². The number of hydrogen-bond acceptors (Lipinski definition) is 3. The van der Waals surface area contributed by atoms with Crippen LogP contribution in [0.2, 0.25) is 0 Å². The molecule has 6 nitrogen and oxygen atoms in total. The molecular formula is C19H26N2O4. The maximum Gasteiger partial charge on any atom is 0.303 e. The summed E-state index contributed by atoms with van der Waals surface area (Å²) in [6, 6.07) is 9.66. The summed E-state index contributed by atoms with van der Waals surface area (Å²) in [4.78, 5) is 37.3. The average Bonchev–Trinajstić information content (AvgIpc) is 2.95. The molecular weight excluding hydrogens is 320 g/mol. The van der Waals surface area contributed by atoms with Crippen LogP contribution in [0.15, 0.2) is 30.3 Å². The van der Waals surface area contributed by atoms with Crippen molar-refractivity contribution in [1.29, 1.82) is 0 Å². The average molecular weight is 346 g/mol. The molecule has 0 radical (unpaired) electrons. The van der Waals surface area contributed by atoms with Gasteiger partial charge in [-0.15, -0.1) is 0 Å². The summed E-state index contributed by atoms with van der Waals surface area (Å²) in [6.07, 6.45) is 0.533. The number of carboxylic acids is 1. The zero-order valence-corrected chi connectivity index (χ0v) is 15.0. The highest BCUT2D eigenvalue weighted by molar-refractivity contribution is 5.89. The van der Waals surface area contributed by atoms with E-state index in [9.17, 15) is 14.4 Å². The van der Waals surface area contributed by atoms with Gasteiger partial charge in [-0.05, 0) is 32.8 Å². The molecule has 2 amide bonds. The van der Waals surface area contributed by atoms with Crippen LogP contribution in [0.1, 0.15) is 51.6 Å². The third kappa shape index (κ3) is 5.05. The molecule has 2 rings (SSSR count). The Bertz CT molecular complexity index is 642. The molecule has 1 aromatic rings. The Kier molecular flexibility index (Phi) is 5.82. The first kappa shape index (κ1) is 19.0. The molecule has 0 aromatic heterocycles. The van der Waals surface area contributed by atoms with E-state index in [1.807, 2.05) is 37.3 Å². The zero-order valence-electron chi connectivity index (χ0n) is 15.0. The fourth-order valence-corrected chi connectivity index (χ4v) is 3.11. The molecule has 1 aliphatic heterocycles. The SMILES string of the molecule is CC(c1ccccc1)N1CC(C(=O)NC(C)(C)CCC(=O)O)CC1=O. The lowest BCUT2D eigenvalue weighted by Gasteiger charge is -2.28. The van der Waals surface area contributed by atoms with Crippen LogP contribution in [-0.2, 0) is 14.4 Å². The summed E-state index contributed by atoms with van der Waals surface area (Å²) in [6.45, 7) is 5.95. The minimum atomic E-state index is -0.888. The zero-order chi connectivity index (χ0) is 18.6. The highest BCUT2D eigenvalue weighted by atomic mass is 16.4. The number of carbonyl (C=O) groups excluding carboxylic acids is 2. The predicted octanol–water partition coefficient (Wildman–Crippen LogP) is 2.36. The third-order valence-electron chi connectivity index (χ3n) is 4.70. The molecule has 0 bridgehead atoms. The number of hydrogen-bond donors (Lipinski definition) is 2. The molecule has 136 valence electrons. The minimum Gasteiger partial charge on any atom is -0.481 e. The van der Waals surface area contributed by atoms with E-state index in [4.69, 9.17) is 5.11 Å². The molecule has 2 atom stereocenters. The molecule has 0 spiro atoms. The molecule has 0 saturated carbocycles. The highest BCUT2D eigenvalue weighted by Gasteiger charge is 2.38. The lowest BCUT2D eigenvalue weighted by Crippen LogP contribution is -2.47. The summed E-state index contributed by atoms with van der Waals surface area (Å²) in [7, 11) is 0. The first-order valence-electron chi connectivity index (χ1n) is 8.58. The molecule has 1 aromatic carbocycles. The van der Waals surface area contributed by atoms with E-state index in [-0.39, 0.29) is 30.7 Å². The van der Waals surface area contributed by atoms with Crippen molar-refractivity contribution in [1.82, 2.24) is 10.2 Å². The topological polar surface area (TPSA) is 86.7 Å². The van der Waals surface area contributed by atoms with Gasteiger partial charge in [-0.1, -0.05) is 30.3 Å². The number of carbonyl (C=O) groups is 3. The van der Waals surface area contributed by atoms with Crippen molar-refractivity contribution in [3.63, 3.8) is 0 Å². The van der Waals surface area contributed by atoms with Gasteiger partial charge >= 0.3 is 5.97 Å². The standard InChI is InChI=1S/C19H26N2O4/c1-13(14-7-5-4-6-8-14)21-12-15(11-16(21)22)18(25)20-19(2,3)10-9-17(23)24/h4-8,13,15H,9-12H2,1-3H3,(H,20,25)(H,23,24). The fourth-order valence-electron chi connectivity index (χ4n) is 3.11. The summed E-state index contributed by atoms with van der Waals surface area (Å²) < 4.78 is 0. The number of aliphatic carboxylic acids is 1. The summed E-state index contributed by atoms with van der Waals surface area (Å²) in [5.41, 5.74) is 0.426. The first-order chi connectivity index (χ1) is 11.7. The van der Waals surface area contributed by atoms with Crippen LogP contribution in [-0.4, -0.2) is 39.9 Å². The van der Waals surface area contributed by atoms with Gasteiger partial charge in [-0.3, -0.25) is 14.4 Å². The lowest BCUT2D eigenvalue weighted by atomic mass is 9.96. The summed E-state index contributed by atoms with van der Waals surface area (Å²) in [5, 5.41) is 11.7. The summed E-state index contributed by atoms with van der Waals surface area (Å²) in [5.74, 6) is -1.50. The third-order valence-corrected chi connectivity index (χ3v) is 4.70. The maximum absolute atomic E-state index is 12.5. The Hall–Kier alpha value is -2.37. The van der Waals surface area contributed by atoms with Crippen LogP contribution in [0, 0.1) is 5.92 Å². The van der Waals surface area contributed by atoms with E-state index in [1.165, 1.54) is 0 Å². The van der Waals surface area contributed by atoms with Crippen molar-refractivity contribution < 1.29 is 19.5 Å². The Morgan fingerprint density at radius 1 is 1.32 bits per heavy atom. The highest BCUT2D eigenvalue weighted by Crippen LogP contribution is 2.29. The number of amides is 2. The van der Waals surface area contributed by atoms with Gasteiger partial charge in [-0.25, -0.2) is 0 Å². The van der Waals surface area contributed by atoms with Gasteiger partial charge in [-0.2, -0.15) is 0 Å². The van der Waals surface area contributed by atoms with Gasteiger partial charge in [0.25, 0.3) is 0 Å². The summed E-state index contributed by atoms with van der Waals surface area (Å²) >= 11 is 0. The van der Waals surface area contributed by atoms with Crippen LogP contribution in [0.25, 0.3) is 0 Å². The Balaban J connectivity index is 1.97. The van der Waals surface area contributed by atoms with Crippen molar-refractivity contribution in [2.24, 2.45) is 5.92 Å². The van der Waals surface area contributed by atoms with E-state index < -0.39 is 17.4 Å². The molecule has 1 saturated heterocycles. The number of benzene rings is 1. The Labute approximate surface area is 148 Å². The van der Waals surface area contributed by atoms with Crippen molar-refractivity contribution in [3.05, 3.63) is 35.9 Å². The fraction of sp³-hybridized carbons (Fsp3) is 0.526. The normalized spacial score (nSPS) is 18.9. The van der Waals surface area contributed by atoms with Gasteiger partial charge in [0.15, 0.2) is 0 Å². The van der Waals surface area contributed by atoms with E-state index in [2.05, 4.69) is 5.32 Å². The quantitative estimate of drug-likeness (QED) is 0.793. The van der Waals surface area contributed by atoms with Gasteiger partial charge in [0.1, 0.15) is 0 Å². The van der Waals surface area contributed by atoms with Crippen LogP contribution in [0.4, 0.5) is 0 Å². The van der Waals surface area contributed by atoms with E-state index in [1.54, 1.807) is 18.7 Å². The molecule has 1 aliphatic rings. The molecule has 1 heterocycles. The molecule has 2 N–H and O–H groups in total. The van der Waals surface area contributed by atoms with Crippen molar-refractivity contribution in [2.45, 2.75) is 51.6 Å². The van der Waals surface area contributed by atoms with Crippen molar-refractivity contribution in [2.75, 3.05) is 6.54 Å². The maximum atomic E-state index is 12.5. The molecule has 0 aliphatic carbocycles. The Morgan fingerprint density at radius 3 is 2.56 bits per heavy atom. The van der Waals surface area contributed by atoms with Crippen LogP contribution in [0.3, 0.4) is 0 Å². The number of nitrogens with zero attached hydrogens (tertiary/aromatic N) is 1. The van der Waals surface area contributed by atoms with Gasteiger partial charge in [0.2, 0.25) is 11.8 Å². The second kappa shape index (κ2) is 7.68. The van der Waals surface area contributed by atoms with Crippen LogP contribution >= 0.6 is 0 Å². The van der Waals surface area contributed by atoms with Crippen LogP contribution < -0.4 is 5.32 Å². The number of nitrogens with one attached hydrogen (secondary N) is 1. The first-order valence-corrected chi connectivity index (χ1v) is 8.58. The Morgan fingerprint density at radius 2 is 1.96 bits per heavy atom. The second-order valence-electron chi connectivity index (χ2n) is 7.30. The van der Waals surface area contributed by atoms with E-state index in [0.717, 1.165) is 5.56 Å². The molecule has 1 fully saturated rings. The molecule has 25 heavy (non-hydrogen) atoms. The van der Waals surface area contributed by atoms with E-state index >= 15 is 0 Å². The number of carboxylic acid groups (broad SMARTS) is 1. The van der Waals surface area contributed by atoms with Gasteiger partial charge in [0.05, 0.1) is 12.0 Å². The van der Waals surface area contributed by atoms with Crippen molar-refractivity contribution in [3.8, 4) is 0 Å². The second-order valence-corrected chi connectivity index (χ2v) is 7.30. The molecule has 6 heteroatoms. The van der Waals surface area contributed by atoms with Crippen molar-refractivity contribution >= 4 is 17.8 Å². The lowest BCUT2D eigenvalue weighted by molar-refractivity contribution is -0.138. The predicted molar refractivity (Wildman–Crippen MR) is 93.8 cm³/mol. The van der Waals surface area contributed by atoms with Crippen LogP contribution in [0.5, 0.6) is 0 Å². The monoisotopic (exact) mass is 346 g/mol. The number of likely N-dealkylation sites (tertiary alicyclic amines) is 1.